The van der Waals surface area contributed by atoms with Crippen molar-refractivity contribution in [3.05, 3.63) is 42.0 Å². The highest BCUT2D eigenvalue weighted by Crippen LogP contribution is 2.23. The lowest BCUT2D eigenvalue weighted by atomic mass is 9.92. The first-order valence-electron chi connectivity index (χ1n) is 8.22. The van der Waals surface area contributed by atoms with E-state index in [-0.39, 0.29) is 19.1 Å². The van der Waals surface area contributed by atoms with Crippen LogP contribution < -0.4 is 5.32 Å². The van der Waals surface area contributed by atoms with E-state index in [0.717, 1.165) is 16.7 Å². The lowest BCUT2D eigenvalue weighted by Crippen LogP contribution is -2.51. The number of aliphatic hydroxyl groups is 2. The Bertz CT molecular complexity index is 570. The highest BCUT2D eigenvalue weighted by molar-refractivity contribution is 5.75. The molecule has 0 saturated heterocycles. The highest BCUT2D eigenvalue weighted by Gasteiger charge is 2.27. The van der Waals surface area contributed by atoms with Crippen LogP contribution >= 0.6 is 0 Å². The molecule has 2 unspecified atom stereocenters. The second-order valence-corrected chi connectivity index (χ2v) is 7.02. The van der Waals surface area contributed by atoms with Crippen LogP contribution in [-0.2, 0) is 5.54 Å². The van der Waals surface area contributed by atoms with E-state index in [1.165, 1.54) is 4.90 Å². The molecule has 0 radical (unpaired) electrons. The third kappa shape index (κ3) is 5.98. The average molecular weight is 334 g/mol. The van der Waals surface area contributed by atoms with E-state index in [9.17, 15) is 15.0 Å². The summed E-state index contributed by atoms with van der Waals surface area (Å²) >= 11 is 0. The van der Waals surface area contributed by atoms with Crippen molar-refractivity contribution in [1.82, 2.24) is 10.2 Å². The summed E-state index contributed by atoms with van der Waals surface area (Å²) in [5, 5.41) is 22.2. The quantitative estimate of drug-likeness (QED) is 0.718. The molecule has 1 aromatic carbocycles. The molecule has 0 aromatic heterocycles. The van der Waals surface area contributed by atoms with Gasteiger partial charge in [-0.2, -0.15) is 0 Å². The summed E-state index contributed by atoms with van der Waals surface area (Å²) in [6.07, 6.45) is -1.33. The van der Waals surface area contributed by atoms with Crippen molar-refractivity contribution in [3.63, 3.8) is 0 Å². The van der Waals surface area contributed by atoms with Gasteiger partial charge in [-0.1, -0.05) is 30.4 Å². The van der Waals surface area contributed by atoms with Gasteiger partial charge in [-0.05, 0) is 51.8 Å². The molecule has 0 fully saturated rings. The fraction of sp³-hybridized carbons (Fsp3) is 0.526. The van der Waals surface area contributed by atoms with E-state index in [1.807, 2.05) is 45.0 Å². The van der Waals surface area contributed by atoms with Gasteiger partial charge < -0.3 is 20.4 Å². The van der Waals surface area contributed by atoms with Crippen LogP contribution in [0, 0.1) is 0 Å². The molecule has 134 valence electrons. The summed E-state index contributed by atoms with van der Waals surface area (Å²) in [6.45, 7) is 13.3. The van der Waals surface area contributed by atoms with E-state index in [0.29, 0.717) is 0 Å². The SMILES string of the molecule is C=C(C)c1cccc(C(C)(C)NC(=O)N(CC(C)O)CC(C)O)c1. The Balaban J connectivity index is 2.95. The minimum atomic E-state index is -0.663. The third-order valence-electron chi connectivity index (χ3n) is 3.75. The molecule has 5 nitrogen and oxygen atoms in total. The first kappa shape index (κ1) is 20.2. The third-order valence-corrected chi connectivity index (χ3v) is 3.75. The van der Waals surface area contributed by atoms with E-state index >= 15 is 0 Å². The van der Waals surface area contributed by atoms with Crippen molar-refractivity contribution >= 4 is 11.6 Å². The smallest absolute Gasteiger partial charge is 0.318 e. The first-order chi connectivity index (χ1) is 11.0. The van der Waals surface area contributed by atoms with Gasteiger partial charge in [0, 0.05) is 13.1 Å². The van der Waals surface area contributed by atoms with Crippen LogP contribution in [0.15, 0.2) is 30.8 Å². The Morgan fingerprint density at radius 3 is 2.25 bits per heavy atom. The number of carbonyl (C=O) groups excluding carboxylic acids is 1. The van der Waals surface area contributed by atoms with Crippen molar-refractivity contribution in [2.45, 2.75) is 52.4 Å². The van der Waals surface area contributed by atoms with Gasteiger partial charge in [0.2, 0.25) is 0 Å². The highest BCUT2D eigenvalue weighted by atomic mass is 16.3. The maximum Gasteiger partial charge on any atom is 0.318 e. The number of hydrogen-bond acceptors (Lipinski definition) is 3. The molecule has 1 aromatic rings. The van der Waals surface area contributed by atoms with Gasteiger partial charge in [-0.3, -0.25) is 0 Å². The van der Waals surface area contributed by atoms with Crippen LogP contribution in [-0.4, -0.2) is 46.4 Å². The van der Waals surface area contributed by atoms with Crippen molar-refractivity contribution in [2.75, 3.05) is 13.1 Å². The van der Waals surface area contributed by atoms with Gasteiger partial charge in [-0.25, -0.2) is 4.79 Å². The lowest BCUT2D eigenvalue weighted by molar-refractivity contribution is 0.0935. The molecule has 0 bridgehead atoms. The number of aliphatic hydroxyl groups excluding tert-OH is 2. The number of allylic oxidation sites excluding steroid dienone is 1. The average Bonchev–Trinajstić information content (AvgIpc) is 2.45. The fourth-order valence-corrected chi connectivity index (χ4v) is 2.47. The van der Waals surface area contributed by atoms with Gasteiger partial charge in [0.15, 0.2) is 0 Å². The Morgan fingerprint density at radius 2 is 1.79 bits per heavy atom. The van der Waals surface area contributed by atoms with Crippen molar-refractivity contribution < 1.29 is 15.0 Å². The number of benzene rings is 1. The second kappa shape index (κ2) is 8.31. The van der Waals surface area contributed by atoms with E-state index < -0.39 is 17.7 Å². The molecular weight excluding hydrogens is 304 g/mol. The summed E-state index contributed by atoms with van der Waals surface area (Å²) in [7, 11) is 0. The lowest BCUT2D eigenvalue weighted by Gasteiger charge is -2.33. The Morgan fingerprint density at radius 1 is 1.25 bits per heavy atom. The second-order valence-electron chi connectivity index (χ2n) is 7.02. The molecular formula is C19H30N2O3. The van der Waals surface area contributed by atoms with E-state index in [2.05, 4.69) is 11.9 Å². The van der Waals surface area contributed by atoms with Gasteiger partial charge in [0.1, 0.15) is 0 Å². The Kier molecular flexibility index (Phi) is 6.99. The molecule has 0 aliphatic heterocycles. The van der Waals surface area contributed by atoms with Crippen molar-refractivity contribution in [1.29, 1.82) is 0 Å². The minimum absolute atomic E-state index is 0.165. The predicted molar refractivity (Wildman–Crippen MR) is 97.6 cm³/mol. The van der Waals surface area contributed by atoms with Crippen molar-refractivity contribution in [3.8, 4) is 0 Å². The first-order valence-corrected chi connectivity index (χ1v) is 8.22. The summed E-state index contributed by atoms with van der Waals surface area (Å²) < 4.78 is 0. The van der Waals surface area contributed by atoms with E-state index in [4.69, 9.17) is 0 Å². The summed E-state index contributed by atoms with van der Waals surface area (Å²) in [5.74, 6) is 0. The van der Waals surface area contributed by atoms with Gasteiger partial charge in [0.05, 0.1) is 17.7 Å². The van der Waals surface area contributed by atoms with Crippen LogP contribution in [0.3, 0.4) is 0 Å². The summed E-state index contributed by atoms with van der Waals surface area (Å²) in [5.41, 5.74) is 2.35. The monoisotopic (exact) mass is 334 g/mol. The number of rotatable bonds is 7. The van der Waals surface area contributed by atoms with Crippen LogP contribution in [0.1, 0.15) is 45.7 Å². The normalized spacial score (nSPS) is 14.0. The maximum absolute atomic E-state index is 12.6. The van der Waals surface area contributed by atoms with Crippen LogP contribution in [0.5, 0.6) is 0 Å². The molecule has 0 aliphatic rings. The van der Waals surface area contributed by atoms with Crippen LogP contribution in [0.25, 0.3) is 5.57 Å². The van der Waals surface area contributed by atoms with Gasteiger partial charge in [0.25, 0.3) is 0 Å². The topological polar surface area (TPSA) is 72.8 Å². The number of nitrogens with one attached hydrogen (secondary N) is 1. The number of hydrogen-bond donors (Lipinski definition) is 3. The summed E-state index contributed by atoms with van der Waals surface area (Å²) in [4.78, 5) is 14.0. The number of amides is 2. The van der Waals surface area contributed by atoms with Gasteiger partial charge in [-0.15, -0.1) is 0 Å². The molecule has 0 aliphatic carbocycles. The molecule has 2 amide bonds. The fourth-order valence-electron chi connectivity index (χ4n) is 2.47. The van der Waals surface area contributed by atoms with Gasteiger partial charge >= 0.3 is 6.03 Å². The number of carbonyl (C=O) groups is 1. The zero-order valence-electron chi connectivity index (χ0n) is 15.3. The predicted octanol–water partition coefficient (Wildman–Crippen LogP) is 2.73. The largest absolute Gasteiger partial charge is 0.392 e. The summed E-state index contributed by atoms with van der Waals surface area (Å²) in [6, 6.07) is 7.58. The zero-order chi connectivity index (χ0) is 18.5. The van der Waals surface area contributed by atoms with Crippen LogP contribution in [0.2, 0.25) is 0 Å². The Hall–Kier alpha value is -1.85. The van der Waals surface area contributed by atoms with Crippen molar-refractivity contribution in [2.24, 2.45) is 0 Å². The molecule has 1 rings (SSSR count). The molecule has 0 heterocycles. The molecule has 5 heteroatoms. The standard InChI is InChI=1S/C19H30N2O3/c1-13(2)16-8-7-9-17(10-16)19(5,6)20-18(24)21(11-14(3)22)12-15(4)23/h7-10,14-15,22-23H,1,11-12H2,2-6H3,(H,20,24). The zero-order valence-corrected chi connectivity index (χ0v) is 15.3. The minimum Gasteiger partial charge on any atom is -0.392 e. The molecule has 0 saturated carbocycles. The number of urea groups is 1. The Labute approximate surface area is 145 Å². The molecule has 0 spiro atoms. The number of nitrogens with zero attached hydrogens (tertiary/aromatic N) is 1. The molecule has 24 heavy (non-hydrogen) atoms. The van der Waals surface area contributed by atoms with Crippen LogP contribution in [0.4, 0.5) is 4.79 Å². The maximum atomic E-state index is 12.6. The molecule has 3 N–H and O–H groups in total. The molecule has 2 atom stereocenters. The van der Waals surface area contributed by atoms with E-state index in [1.54, 1.807) is 13.8 Å².